The zero-order valence-corrected chi connectivity index (χ0v) is 8.24. The highest BCUT2D eigenvalue weighted by Gasteiger charge is 2.08. The second kappa shape index (κ2) is 3.03. The topological polar surface area (TPSA) is 84.7 Å². The Labute approximate surface area is 89.8 Å². The Bertz CT molecular complexity index is 705. The molecule has 0 bridgehead atoms. The molecule has 0 aliphatic rings. The van der Waals surface area contributed by atoms with Gasteiger partial charge in [0.05, 0.1) is 0 Å². The van der Waals surface area contributed by atoms with Gasteiger partial charge in [0.15, 0.2) is 0 Å². The molecule has 0 fully saturated rings. The summed E-state index contributed by atoms with van der Waals surface area (Å²) >= 11 is 0. The van der Waals surface area contributed by atoms with Gasteiger partial charge in [-0.05, 0) is 18.2 Å². The maximum atomic E-state index is 11.0. The molecule has 0 radical (unpaired) electrons. The van der Waals surface area contributed by atoms with Crippen LogP contribution in [0.1, 0.15) is 0 Å². The number of H-pyrrole nitrogens is 3. The fraction of sp³-hybridized carbons (Fsp3) is 0. The number of aromatic nitrogens is 3. The third kappa shape index (κ3) is 1.22. The molecular weight excluding hydrogens is 206 g/mol. The van der Waals surface area contributed by atoms with E-state index >= 15 is 0 Å². The van der Waals surface area contributed by atoms with Crippen molar-refractivity contribution in [2.24, 2.45) is 0 Å². The van der Waals surface area contributed by atoms with Gasteiger partial charge in [0.2, 0.25) is 5.88 Å². The lowest BCUT2D eigenvalue weighted by Gasteiger charge is -1.98. The van der Waals surface area contributed by atoms with Gasteiger partial charge < -0.3 is 15.1 Å². The van der Waals surface area contributed by atoms with Crippen LogP contribution in [0.15, 0.2) is 35.3 Å². The number of nitrogens with one attached hydrogen (secondary N) is 3. The average Bonchev–Trinajstić information content (AvgIpc) is 2.83. The third-order valence-electron chi connectivity index (χ3n) is 2.55. The molecule has 0 atom stereocenters. The molecule has 80 valence electrons. The van der Waals surface area contributed by atoms with Crippen molar-refractivity contribution in [3.63, 3.8) is 0 Å². The summed E-state index contributed by atoms with van der Waals surface area (Å²) in [4.78, 5) is 18.9. The second-order valence-electron chi connectivity index (χ2n) is 3.58. The minimum absolute atomic E-state index is 0.139. The highest BCUT2D eigenvalue weighted by atomic mass is 16.3. The molecule has 0 saturated heterocycles. The molecule has 5 heteroatoms. The normalized spacial score (nSPS) is 11.0. The standard InChI is InChI=1S/C11H9N3O2/c15-10-9(13-11(16)14-10)7-1-2-8-6(5-7)3-4-12-8/h1-5,12,15H,(H2,13,14,16). The maximum absolute atomic E-state index is 11.0. The summed E-state index contributed by atoms with van der Waals surface area (Å²) in [6.07, 6.45) is 1.84. The zero-order valence-electron chi connectivity index (χ0n) is 8.24. The predicted octanol–water partition coefficient (Wildman–Crippen LogP) is 1.56. The predicted molar refractivity (Wildman–Crippen MR) is 60.4 cm³/mol. The summed E-state index contributed by atoms with van der Waals surface area (Å²) in [5.74, 6) is -0.139. The number of rotatable bonds is 1. The first-order chi connectivity index (χ1) is 7.74. The van der Waals surface area contributed by atoms with Gasteiger partial charge in [-0.3, -0.25) is 4.98 Å². The summed E-state index contributed by atoms with van der Waals surface area (Å²) in [6, 6.07) is 7.55. The third-order valence-corrected chi connectivity index (χ3v) is 2.55. The van der Waals surface area contributed by atoms with Gasteiger partial charge >= 0.3 is 5.69 Å². The Balaban J connectivity index is 2.25. The van der Waals surface area contributed by atoms with Gasteiger partial charge in [0.25, 0.3) is 0 Å². The highest BCUT2D eigenvalue weighted by molar-refractivity contribution is 5.85. The van der Waals surface area contributed by atoms with E-state index in [-0.39, 0.29) is 5.88 Å². The van der Waals surface area contributed by atoms with E-state index in [9.17, 15) is 9.90 Å². The molecule has 16 heavy (non-hydrogen) atoms. The number of fused-ring (bicyclic) bond motifs is 1. The lowest BCUT2D eigenvalue weighted by molar-refractivity contribution is 0.457. The maximum Gasteiger partial charge on any atom is 0.326 e. The van der Waals surface area contributed by atoms with Crippen molar-refractivity contribution in [2.75, 3.05) is 0 Å². The fourth-order valence-electron chi connectivity index (χ4n) is 1.79. The van der Waals surface area contributed by atoms with Gasteiger partial charge in [0, 0.05) is 22.7 Å². The Morgan fingerprint density at radius 2 is 2.00 bits per heavy atom. The number of imidazole rings is 1. The minimum atomic E-state index is -0.415. The molecule has 0 unspecified atom stereocenters. The SMILES string of the molecule is O=c1[nH]c(O)c(-c2ccc3[nH]ccc3c2)[nH]1. The summed E-state index contributed by atoms with van der Waals surface area (Å²) in [6.45, 7) is 0. The van der Waals surface area contributed by atoms with E-state index < -0.39 is 5.69 Å². The molecule has 3 rings (SSSR count). The lowest BCUT2D eigenvalue weighted by atomic mass is 10.1. The van der Waals surface area contributed by atoms with Gasteiger partial charge in [-0.2, -0.15) is 0 Å². The van der Waals surface area contributed by atoms with Crippen LogP contribution in [0.3, 0.4) is 0 Å². The van der Waals surface area contributed by atoms with Crippen LogP contribution < -0.4 is 5.69 Å². The number of hydrogen-bond acceptors (Lipinski definition) is 2. The molecule has 0 saturated carbocycles. The summed E-state index contributed by atoms with van der Waals surface area (Å²) in [5.41, 5.74) is 1.78. The number of aromatic hydroxyl groups is 1. The fourth-order valence-corrected chi connectivity index (χ4v) is 1.79. The quantitative estimate of drug-likeness (QED) is 0.496. The van der Waals surface area contributed by atoms with Crippen LogP contribution in [0.5, 0.6) is 5.88 Å². The summed E-state index contributed by atoms with van der Waals surface area (Å²) in [5, 5.41) is 10.5. The smallest absolute Gasteiger partial charge is 0.326 e. The van der Waals surface area contributed by atoms with Crippen LogP contribution in [-0.4, -0.2) is 20.1 Å². The first-order valence-corrected chi connectivity index (χ1v) is 4.83. The van der Waals surface area contributed by atoms with Crippen LogP contribution in [0.25, 0.3) is 22.2 Å². The molecule has 2 heterocycles. The van der Waals surface area contributed by atoms with Crippen LogP contribution >= 0.6 is 0 Å². The van der Waals surface area contributed by atoms with Crippen LogP contribution in [-0.2, 0) is 0 Å². The van der Waals surface area contributed by atoms with Crippen LogP contribution in [0.4, 0.5) is 0 Å². The molecule has 1 aromatic carbocycles. The van der Waals surface area contributed by atoms with Gasteiger partial charge in [0.1, 0.15) is 5.69 Å². The Hall–Kier alpha value is -2.43. The molecule has 0 aliphatic heterocycles. The van der Waals surface area contributed by atoms with E-state index in [1.807, 2.05) is 30.5 Å². The Morgan fingerprint density at radius 3 is 2.75 bits per heavy atom. The summed E-state index contributed by atoms with van der Waals surface area (Å²) < 4.78 is 0. The van der Waals surface area contributed by atoms with Crippen LogP contribution in [0, 0.1) is 0 Å². The molecular formula is C11H9N3O2. The first-order valence-electron chi connectivity index (χ1n) is 4.83. The molecule has 0 aliphatic carbocycles. The van der Waals surface area contributed by atoms with Gasteiger partial charge in [-0.1, -0.05) is 6.07 Å². The van der Waals surface area contributed by atoms with Crippen molar-refractivity contribution >= 4 is 10.9 Å². The molecule has 3 aromatic rings. The van der Waals surface area contributed by atoms with E-state index in [2.05, 4.69) is 15.0 Å². The van der Waals surface area contributed by atoms with Crippen molar-refractivity contribution in [2.45, 2.75) is 0 Å². The molecule has 0 spiro atoms. The minimum Gasteiger partial charge on any atom is -0.493 e. The van der Waals surface area contributed by atoms with E-state index in [4.69, 9.17) is 0 Å². The van der Waals surface area contributed by atoms with E-state index in [1.54, 1.807) is 0 Å². The molecule has 5 nitrogen and oxygen atoms in total. The molecule has 0 amide bonds. The van der Waals surface area contributed by atoms with Crippen molar-refractivity contribution in [3.8, 4) is 17.1 Å². The van der Waals surface area contributed by atoms with Crippen molar-refractivity contribution < 1.29 is 5.11 Å². The van der Waals surface area contributed by atoms with Crippen molar-refractivity contribution in [1.29, 1.82) is 0 Å². The number of hydrogen-bond donors (Lipinski definition) is 4. The van der Waals surface area contributed by atoms with Crippen LogP contribution in [0.2, 0.25) is 0 Å². The lowest BCUT2D eigenvalue weighted by Crippen LogP contribution is -1.99. The van der Waals surface area contributed by atoms with E-state index in [0.29, 0.717) is 5.69 Å². The van der Waals surface area contributed by atoms with E-state index in [0.717, 1.165) is 16.5 Å². The largest absolute Gasteiger partial charge is 0.493 e. The Kier molecular flexibility index (Phi) is 1.67. The first kappa shape index (κ1) is 8.84. The van der Waals surface area contributed by atoms with Gasteiger partial charge in [-0.15, -0.1) is 0 Å². The number of benzene rings is 1. The molecule has 4 N–H and O–H groups in total. The molecule has 2 aromatic heterocycles. The average molecular weight is 215 g/mol. The van der Waals surface area contributed by atoms with E-state index in [1.165, 1.54) is 0 Å². The second-order valence-corrected chi connectivity index (χ2v) is 3.58. The summed E-state index contributed by atoms with van der Waals surface area (Å²) in [7, 11) is 0. The number of aromatic amines is 3. The Morgan fingerprint density at radius 1 is 1.12 bits per heavy atom. The monoisotopic (exact) mass is 215 g/mol. The van der Waals surface area contributed by atoms with Crippen molar-refractivity contribution in [3.05, 3.63) is 40.9 Å². The van der Waals surface area contributed by atoms with Gasteiger partial charge in [-0.25, -0.2) is 4.79 Å². The zero-order chi connectivity index (χ0) is 11.1. The van der Waals surface area contributed by atoms with Crippen molar-refractivity contribution in [1.82, 2.24) is 15.0 Å². The highest BCUT2D eigenvalue weighted by Crippen LogP contribution is 2.26.